The average Bonchev–Trinajstić information content (AvgIpc) is 2.67. The highest BCUT2D eigenvalue weighted by Crippen LogP contribution is 2.23. The van der Waals surface area contributed by atoms with E-state index in [-0.39, 0.29) is 17.7 Å². The standard InChI is InChI=1S/C17H24N4O4/c22-16(20-15(17(23)24)13-2-1-9-25-11-13)12-3-7-21(8-4-12)14-10-18-5-6-19-14/h5-6,10,12-13,15H,1-4,7-9,11H2,(H,20,22)(H,23,24). The van der Waals surface area contributed by atoms with Crippen molar-refractivity contribution < 1.29 is 19.4 Å². The molecule has 1 aromatic heterocycles. The number of amides is 1. The predicted octanol–water partition coefficient (Wildman–Crippen LogP) is 0.689. The van der Waals surface area contributed by atoms with Crippen LogP contribution in [0.2, 0.25) is 0 Å². The molecule has 2 N–H and O–H groups in total. The Hall–Kier alpha value is -2.22. The molecule has 0 saturated carbocycles. The number of anilines is 1. The van der Waals surface area contributed by atoms with E-state index in [9.17, 15) is 14.7 Å². The molecule has 0 aliphatic carbocycles. The van der Waals surface area contributed by atoms with Crippen LogP contribution in [-0.4, -0.2) is 59.3 Å². The van der Waals surface area contributed by atoms with Crippen LogP contribution in [0.1, 0.15) is 25.7 Å². The summed E-state index contributed by atoms with van der Waals surface area (Å²) < 4.78 is 5.37. The maximum Gasteiger partial charge on any atom is 0.326 e. The summed E-state index contributed by atoms with van der Waals surface area (Å²) in [4.78, 5) is 34.5. The van der Waals surface area contributed by atoms with Crippen molar-refractivity contribution in [3.05, 3.63) is 18.6 Å². The minimum absolute atomic E-state index is 0.158. The maximum atomic E-state index is 12.5. The van der Waals surface area contributed by atoms with Crippen molar-refractivity contribution in [1.29, 1.82) is 0 Å². The molecule has 0 bridgehead atoms. The minimum atomic E-state index is -0.985. The van der Waals surface area contributed by atoms with E-state index in [1.807, 2.05) is 0 Å². The predicted molar refractivity (Wildman–Crippen MR) is 90.1 cm³/mol. The first kappa shape index (κ1) is 17.6. The van der Waals surface area contributed by atoms with Gasteiger partial charge in [-0.1, -0.05) is 0 Å². The zero-order valence-electron chi connectivity index (χ0n) is 14.1. The fourth-order valence-corrected chi connectivity index (χ4v) is 3.51. The van der Waals surface area contributed by atoms with Crippen molar-refractivity contribution in [2.75, 3.05) is 31.2 Å². The van der Waals surface area contributed by atoms with E-state index < -0.39 is 12.0 Å². The molecule has 25 heavy (non-hydrogen) atoms. The third kappa shape index (κ3) is 4.45. The van der Waals surface area contributed by atoms with Gasteiger partial charge in [0.15, 0.2) is 0 Å². The second-order valence-electron chi connectivity index (χ2n) is 6.63. The molecule has 2 saturated heterocycles. The summed E-state index contributed by atoms with van der Waals surface area (Å²) >= 11 is 0. The Labute approximate surface area is 146 Å². The number of nitrogens with one attached hydrogen (secondary N) is 1. The van der Waals surface area contributed by atoms with Crippen LogP contribution in [0.5, 0.6) is 0 Å². The molecule has 8 heteroatoms. The van der Waals surface area contributed by atoms with Gasteiger partial charge in [-0.2, -0.15) is 0 Å². The van der Waals surface area contributed by atoms with Crippen LogP contribution in [-0.2, 0) is 14.3 Å². The third-order valence-corrected chi connectivity index (χ3v) is 4.97. The van der Waals surface area contributed by atoms with Gasteiger partial charge in [0.2, 0.25) is 5.91 Å². The highest BCUT2D eigenvalue weighted by atomic mass is 16.5. The summed E-state index contributed by atoms with van der Waals surface area (Å²) in [5.74, 6) is -0.670. The molecule has 0 radical (unpaired) electrons. The van der Waals surface area contributed by atoms with Crippen molar-refractivity contribution in [3.8, 4) is 0 Å². The molecule has 136 valence electrons. The summed E-state index contributed by atoms with van der Waals surface area (Å²) in [5.41, 5.74) is 0. The van der Waals surface area contributed by atoms with Crippen LogP contribution in [0.15, 0.2) is 18.6 Å². The number of carbonyl (C=O) groups excluding carboxylic acids is 1. The molecule has 2 aliphatic heterocycles. The van der Waals surface area contributed by atoms with E-state index in [2.05, 4.69) is 20.2 Å². The second-order valence-corrected chi connectivity index (χ2v) is 6.63. The van der Waals surface area contributed by atoms with Crippen molar-refractivity contribution in [3.63, 3.8) is 0 Å². The first-order valence-electron chi connectivity index (χ1n) is 8.77. The number of carboxylic acid groups (broad SMARTS) is 1. The number of carbonyl (C=O) groups is 2. The van der Waals surface area contributed by atoms with Crippen molar-refractivity contribution in [2.24, 2.45) is 11.8 Å². The number of carboxylic acids is 1. The molecule has 2 unspecified atom stereocenters. The molecule has 2 fully saturated rings. The van der Waals surface area contributed by atoms with Crippen LogP contribution < -0.4 is 10.2 Å². The maximum absolute atomic E-state index is 12.5. The highest BCUT2D eigenvalue weighted by Gasteiger charge is 2.34. The molecule has 0 aromatic carbocycles. The Morgan fingerprint density at radius 1 is 1.28 bits per heavy atom. The molecule has 3 heterocycles. The third-order valence-electron chi connectivity index (χ3n) is 4.97. The smallest absolute Gasteiger partial charge is 0.326 e. The van der Waals surface area contributed by atoms with Gasteiger partial charge in [-0.05, 0) is 25.7 Å². The normalized spacial score (nSPS) is 23.0. The van der Waals surface area contributed by atoms with Crippen LogP contribution in [0, 0.1) is 11.8 Å². The molecule has 2 atom stereocenters. The Morgan fingerprint density at radius 2 is 2.08 bits per heavy atom. The molecule has 0 spiro atoms. The van der Waals surface area contributed by atoms with Gasteiger partial charge < -0.3 is 20.1 Å². The Bertz CT molecular complexity index is 584. The van der Waals surface area contributed by atoms with E-state index in [0.717, 1.165) is 18.7 Å². The largest absolute Gasteiger partial charge is 0.480 e. The SMILES string of the molecule is O=C(NC(C(=O)O)C1CCCOC1)C1CCN(c2cnccn2)CC1. The van der Waals surface area contributed by atoms with Gasteiger partial charge >= 0.3 is 5.97 Å². The molecule has 1 aromatic rings. The number of nitrogens with zero attached hydrogens (tertiary/aromatic N) is 3. The summed E-state index contributed by atoms with van der Waals surface area (Å²) in [7, 11) is 0. The Balaban J connectivity index is 1.53. The van der Waals surface area contributed by atoms with Gasteiger partial charge in [0, 0.05) is 43.9 Å². The van der Waals surface area contributed by atoms with E-state index in [1.165, 1.54) is 0 Å². The molecular weight excluding hydrogens is 324 g/mol. The lowest BCUT2D eigenvalue weighted by Gasteiger charge is -2.33. The summed E-state index contributed by atoms with van der Waals surface area (Å²) in [6.45, 7) is 2.47. The highest BCUT2D eigenvalue weighted by molar-refractivity contribution is 5.85. The van der Waals surface area contributed by atoms with Gasteiger partial charge in [0.1, 0.15) is 11.9 Å². The number of piperidine rings is 1. The lowest BCUT2D eigenvalue weighted by molar-refractivity contribution is -0.146. The van der Waals surface area contributed by atoms with Gasteiger partial charge in [-0.15, -0.1) is 0 Å². The van der Waals surface area contributed by atoms with Gasteiger partial charge in [-0.25, -0.2) is 9.78 Å². The van der Waals surface area contributed by atoms with E-state index in [0.29, 0.717) is 39.1 Å². The van der Waals surface area contributed by atoms with Crippen LogP contribution in [0.4, 0.5) is 5.82 Å². The van der Waals surface area contributed by atoms with Crippen molar-refractivity contribution >= 4 is 17.7 Å². The van der Waals surface area contributed by atoms with Crippen LogP contribution in [0.3, 0.4) is 0 Å². The first-order valence-corrected chi connectivity index (χ1v) is 8.77. The Morgan fingerprint density at radius 3 is 2.68 bits per heavy atom. The number of aliphatic carboxylic acids is 1. The van der Waals surface area contributed by atoms with E-state index in [4.69, 9.17) is 4.74 Å². The summed E-state index contributed by atoms with van der Waals surface area (Å²) in [5, 5.41) is 12.2. The number of rotatable bonds is 5. The van der Waals surface area contributed by atoms with Crippen molar-refractivity contribution in [2.45, 2.75) is 31.7 Å². The molecule has 8 nitrogen and oxygen atoms in total. The van der Waals surface area contributed by atoms with Crippen LogP contribution >= 0.6 is 0 Å². The Kier molecular flexibility index (Phi) is 5.80. The fraction of sp³-hybridized carbons (Fsp3) is 0.647. The average molecular weight is 348 g/mol. The molecule has 3 rings (SSSR count). The number of hydrogen-bond donors (Lipinski definition) is 2. The zero-order chi connectivity index (χ0) is 17.6. The summed E-state index contributed by atoms with van der Waals surface area (Å²) in [6.07, 6.45) is 7.95. The van der Waals surface area contributed by atoms with Gasteiger partial charge in [0.05, 0.1) is 12.8 Å². The summed E-state index contributed by atoms with van der Waals surface area (Å²) in [6, 6.07) is -0.870. The molecule has 1 amide bonds. The number of aromatic nitrogens is 2. The fourth-order valence-electron chi connectivity index (χ4n) is 3.51. The van der Waals surface area contributed by atoms with Crippen LogP contribution in [0.25, 0.3) is 0 Å². The van der Waals surface area contributed by atoms with Gasteiger partial charge in [-0.3, -0.25) is 9.78 Å². The monoisotopic (exact) mass is 348 g/mol. The molecule has 2 aliphatic rings. The quantitative estimate of drug-likeness (QED) is 0.806. The molecular formula is C17H24N4O4. The zero-order valence-corrected chi connectivity index (χ0v) is 14.1. The second kappa shape index (κ2) is 8.24. The van der Waals surface area contributed by atoms with E-state index >= 15 is 0 Å². The van der Waals surface area contributed by atoms with Gasteiger partial charge in [0.25, 0.3) is 0 Å². The lowest BCUT2D eigenvalue weighted by Crippen LogP contribution is -2.51. The van der Waals surface area contributed by atoms with Crippen molar-refractivity contribution in [1.82, 2.24) is 15.3 Å². The lowest BCUT2D eigenvalue weighted by atomic mass is 9.91. The topological polar surface area (TPSA) is 105 Å². The number of hydrogen-bond acceptors (Lipinski definition) is 6. The minimum Gasteiger partial charge on any atom is -0.480 e. The van der Waals surface area contributed by atoms with E-state index in [1.54, 1.807) is 18.6 Å². The first-order chi connectivity index (χ1) is 12.1. The number of ether oxygens (including phenoxy) is 1.